The number of hydrogen-bond donors (Lipinski definition) is 1. The molecule has 1 aromatic rings. The SMILES string of the molecule is CCCSc1cnc(CN)cn1. The molecule has 0 aromatic carbocycles. The molecular weight excluding hydrogens is 170 g/mol. The highest BCUT2D eigenvalue weighted by Gasteiger charge is 1.95. The van der Waals surface area contributed by atoms with Gasteiger partial charge in [-0.05, 0) is 12.2 Å². The molecule has 12 heavy (non-hydrogen) atoms. The van der Waals surface area contributed by atoms with E-state index in [-0.39, 0.29) is 0 Å². The van der Waals surface area contributed by atoms with Gasteiger partial charge in [-0.2, -0.15) is 0 Å². The average molecular weight is 183 g/mol. The molecule has 0 aliphatic rings. The van der Waals surface area contributed by atoms with Gasteiger partial charge in [0.2, 0.25) is 0 Å². The second-order valence-corrected chi connectivity index (χ2v) is 3.51. The van der Waals surface area contributed by atoms with Crippen molar-refractivity contribution in [3.8, 4) is 0 Å². The van der Waals surface area contributed by atoms with E-state index in [4.69, 9.17) is 5.73 Å². The summed E-state index contributed by atoms with van der Waals surface area (Å²) in [5.74, 6) is 1.09. The monoisotopic (exact) mass is 183 g/mol. The third kappa shape index (κ3) is 2.79. The minimum Gasteiger partial charge on any atom is -0.325 e. The lowest BCUT2D eigenvalue weighted by molar-refractivity contribution is 0.922. The molecule has 0 unspecified atom stereocenters. The van der Waals surface area contributed by atoms with Crippen molar-refractivity contribution < 1.29 is 0 Å². The Morgan fingerprint density at radius 3 is 2.75 bits per heavy atom. The second kappa shape index (κ2) is 5.11. The molecule has 3 nitrogen and oxygen atoms in total. The molecule has 0 radical (unpaired) electrons. The van der Waals surface area contributed by atoms with Gasteiger partial charge >= 0.3 is 0 Å². The summed E-state index contributed by atoms with van der Waals surface area (Å²) in [6.45, 7) is 2.61. The van der Waals surface area contributed by atoms with Crippen molar-refractivity contribution in [3.63, 3.8) is 0 Å². The third-order valence-corrected chi connectivity index (χ3v) is 2.46. The lowest BCUT2D eigenvalue weighted by Crippen LogP contribution is -2.00. The largest absolute Gasteiger partial charge is 0.325 e. The van der Waals surface area contributed by atoms with Crippen LogP contribution in [0.25, 0.3) is 0 Å². The Morgan fingerprint density at radius 1 is 1.42 bits per heavy atom. The zero-order valence-corrected chi connectivity index (χ0v) is 7.97. The van der Waals surface area contributed by atoms with Crippen LogP contribution in [0.1, 0.15) is 19.0 Å². The number of aromatic nitrogens is 2. The van der Waals surface area contributed by atoms with Gasteiger partial charge in [-0.3, -0.25) is 4.98 Å². The number of rotatable bonds is 4. The molecule has 0 saturated carbocycles. The first-order chi connectivity index (χ1) is 5.86. The molecule has 2 N–H and O–H groups in total. The van der Waals surface area contributed by atoms with Gasteiger partial charge < -0.3 is 5.73 Å². The Kier molecular flexibility index (Phi) is 4.04. The molecule has 4 heteroatoms. The molecule has 0 amide bonds. The highest BCUT2D eigenvalue weighted by atomic mass is 32.2. The van der Waals surface area contributed by atoms with Crippen molar-refractivity contribution in [1.82, 2.24) is 9.97 Å². The third-order valence-electron chi connectivity index (χ3n) is 1.34. The molecule has 0 atom stereocenters. The first-order valence-electron chi connectivity index (χ1n) is 4.00. The van der Waals surface area contributed by atoms with Gasteiger partial charge in [0.1, 0.15) is 5.03 Å². The summed E-state index contributed by atoms with van der Waals surface area (Å²) in [7, 11) is 0. The van der Waals surface area contributed by atoms with Crippen molar-refractivity contribution in [3.05, 3.63) is 18.1 Å². The van der Waals surface area contributed by atoms with Gasteiger partial charge in [0.05, 0.1) is 18.1 Å². The minimum atomic E-state index is 0.464. The van der Waals surface area contributed by atoms with Crippen LogP contribution in [0, 0.1) is 0 Å². The Bertz CT molecular complexity index is 222. The number of hydrogen-bond acceptors (Lipinski definition) is 4. The molecule has 1 aromatic heterocycles. The summed E-state index contributed by atoms with van der Waals surface area (Å²) in [5.41, 5.74) is 6.23. The molecule has 0 aliphatic heterocycles. The van der Waals surface area contributed by atoms with E-state index in [2.05, 4.69) is 16.9 Å². The molecule has 1 rings (SSSR count). The van der Waals surface area contributed by atoms with E-state index in [0.29, 0.717) is 6.54 Å². The molecular formula is C8H13N3S. The molecule has 0 fully saturated rings. The minimum absolute atomic E-state index is 0.464. The topological polar surface area (TPSA) is 51.8 Å². The molecule has 1 heterocycles. The van der Waals surface area contributed by atoms with Crippen LogP contribution in [0.2, 0.25) is 0 Å². The van der Waals surface area contributed by atoms with Crippen molar-refractivity contribution >= 4 is 11.8 Å². The normalized spacial score (nSPS) is 10.2. The van der Waals surface area contributed by atoms with Crippen LogP contribution < -0.4 is 5.73 Å². The molecule has 0 aliphatic carbocycles. The Balaban J connectivity index is 2.53. The van der Waals surface area contributed by atoms with E-state index in [1.54, 1.807) is 24.2 Å². The first kappa shape index (κ1) is 9.48. The first-order valence-corrected chi connectivity index (χ1v) is 4.99. The molecule has 0 bridgehead atoms. The quantitative estimate of drug-likeness (QED) is 0.718. The predicted octanol–water partition coefficient (Wildman–Crippen LogP) is 1.44. The Labute approximate surface area is 76.8 Å². The maximum Gasteiger partial charge on any atom is 0.114 e. The van der Waals surface area contributed by atoms with Gasteiger partial charge in [0, 0.05) is 6.54 Å². The van der Waals surface area contributed by atoms with Crippen LogP contribution in [0.5, 0.6) is 0 Å². The number of thioether (sulfide) groups is 1. The summed E-state index contributed by atoms with van der Waals surface area (Å²) >= 11 is 1.73. The van der Waals surface area contributed by atoms with Crippen molar-refractivity contribution in [2.75, 3.05) is 5.75 Å². The molecule has 66 valence electrons. The maximum absolute atomic E-state index is 5.39. The zero-order chi connectivity index (χ0) is 8.81. The van der Waals surface area contributed by atoms with Crippen molar-refractivity contribution in [2.45, 2.75) is 24.9 Å². The standard InChI is InChI=1S/C8H13N3S/c1-2-3-12-8-6-10-7(4-9)5-11-8/h5-6H,2-4,9H2,1H3. The predicted molar refractivity (Wildman–Crippen MR) is 50.9 cm³/mol. The summed E-state index contributed by atoms with van der Waals surface area (Å²) in [6.07, 6.45) is 4.67. The molecule has 0 saturated heterocycles. The van der Waals surface area contributed by atoms with Crippen LogP contribution in [-0.4, -0.2) is 15.7 Å². The zero-order valence-electron chi connectivity index (χ0n) is 7.16. The van der Waals surface area contributed by atoms with Crippen LogP contribution in [0.3, 0.4) is 0 Å². The van der Waals surface area contributed by atoms with Crippen LogP contribution >= 0.6 is 11.8 Å². The van der Waals surface area contributed by atoms with Crippen molar-refractivity contribution in [1.29, 1.82) is 0 Å². The number of nitrogens with zero attached hydrogens (tertiary/aromatic N) is 2. The lowest BCUT2D eigenvalue weighted by atomic mass is 10.5. The Hall–Kier alpha value is -0.610. The lowest BCUT2D eigenvalue weighted by Gasteiger charge is -1.98. The van der Waals surface area contributed by atoms with Crippen molar-refractivity contribution in [2.24, 2.45) is 5.73 Å². The van der Waals surface area contributed by atoms with Gasteiger partial charge in [-0.25, -0.2) is 4.98 Å². The van der Waals surface area contributed by atoms with Gasteiger partial charge in [0.25, 0.3) is 0 Å². The van der Waals surface area contributed by atoms with Crippen LogP contribution in [0.4, 0.5) is 0 Å². The van der Waals surface area contributed by atoms with Gasteiger partial charge in [-0.1, -0.05) is 6.92 Å². The summed E-state index contributed by atoms with van der Waals surface area (Å²) in [4.78, 5) is 8.35. The summed E-state index contributed by atoms with van der Waals surface area (Å²) in [6, 6.07) is 0. The number of nitrogens with two attached hydrogens (primary N) is 1. The fraction of sp³-hybridized carbons (Fsp3) is 0.500. The van der Waals surface area contributed by atoms with Gasteiger partial charge in [0.15, 0.2) is 0 Å². The van der Waals surface area contributed by atoms with E-state index >= 15 is 0 Å². The van der Waals surface area contributed by atoms with Crippen LogP contribution in [-0.2, 0) is 6.54 Å². The average Bonchev–Trinajstić information content (AvgIpc) is 2.15. The maximum atomic E-state index is 5.39. The molecule has 0 spiro atoms. The smallest absolute Gasteiger partial charge is 0.114 e. The summed E-state index contributed by atoms with van der Waals surface area (Å²) < 4.78 is 0. The van der Waals surface area contributed by atoms with E-state index in [1.807, 2.05) is 0 Å². The van der Waals surface area contributed by atoms with Crippen LogP contribution in [0.15, 0.2) is 17.4 Å². The van der Waals surface area contributed by atoms with Gasteiger partial charge in [-0.15, -0.1) is 11.8 Å². The second-order valence-electron chi connectivity index (χ2n) is 2.40. The highest BCUT2D eigenvalue weighted by molar-refractivity contribution is 7.99. The fourth-order valence-corrected chi connectivity index (χ4v) is 1.40. The van der Waals surface area contributed by atoms with E-state index in [1.165, 1.54) is 0 Å². The Morgan fingerprint density at radius 2 is 2.25 bits per heavy atom. The fourth-order valence-electron chi connectivity index (χ4n) is 0.730. The van der Waals surface area contributed by atoms with E-state index in [9.17, 15) is 0 Å². The summed E-state index contributed by atoms with van der Waals surface area (Å²) in [5, 5.41) is 0.981. The highest BCUT2D eigenvalue weighted by Crippen LogP contribution is 2.13. The van der Waals surface area contributed by atoms with E-state index < -0.39 is 0 Å². The van der Waals surface area contributed by atoms with E-state index in [0.717, 1.165) is 22.9 Å².